The highest BCUT2D eigenvalue weighted by molar-refractivity contribution is 7.17. The van der Waals surface area contributed by atoms with Crippen molar-refractivity contribution in [2.45, 2.75) is 19.8 Å². The van der Waals surface area contributed by atoms with Gasteiger partial charge in [-0.3, -0.25) is 4.79 Å². The molecule has 0 saturated carbocycles. The maximum atomic E-state index is 12.6. The Morgan fingerprint density at radius 3 is 2.65 bits per heavy atom. The number of rotatable bonds is 6. The lowest BCUT2D eigenvalue weighted by Crippen LogP contribution is -2.25. The van der Waals surface area contributed by atoms with E-state index in [2.05, 4.69) is 20.3 Å². The smallest absolute Gasteiger partial charge is 0.263 e. The van der Waals surface area contributed by atoms with Gasteiger partial charge in [-0.1, -0.05) is 36.2 Å². The minimum atomic E-state index is -0.137. The summed E-state index contributed by atoms with van der Waals surface area (Å²) in [5.74, 6) is 0.392. The van der Waals surface area contributed by atoms with Gasteiger partial charge in [0.15, 0.2) is 10.8 Å². The van der Waals surface area contributed by atoms with Crippen molar-refractivity contribution in [3.63, 3.8) is 0 Å². The second kappa shape index (κ2) is 8.58. The standard InChI is InChI=1S/C18H16Cl2N4OS/c1-2-14-15(26-18(24-14)16-21-7-3-8-22-16)17(25)23-9-6-11-4-5-12(19)13(20)10-11/h3-5,7-8,10H,2,6,9H2,1H3,(H,23,25). The van der Waals surface area contributed by atoms with Gasteiger partial charge in [0.25, 0.3) is 5.91 Å². The van der Waals surface area contributed by atoms with E-state index in [4.69, 9.17) is 23.2 Å². The fourth-order valence-corrected chi connectivity index (χ4v) is 3.71. The van der Waals surface area contributed by atoms with Gasteiger partial charge in [0, 0.05) is 18.9 Å². The van der Waals surface area contributed by atoms with E-state index < -0.39 is 0 Å². The normalized spacial score (nSPS) is 10.7. The highest BCUT2D eigenvalue weighted by Gasteiger charge is 2.18. The molecule has 1 amide bonds. The average Bonchev–Trinajstić information content (AvgIpc) is 3.10. The van der Waals surface area contributed by atoms with E-state index in [1.54, 1.807) is 24.5 Å². The van der Waals surface area contributed by atoms with Gasteiger partial charge in [-0.05, 0) is 36.6 Å². The highest BCUT2D eigenvalue weighted by atomic mass is 35.5. The summed E-state index contributed by atoms with van der Waals surface area (Å²) in [6, 6.07) is 7.21. The molecule has 0 fully saturated rings. The first-order valence-electron chi connectivity index (χ1n) is 8.07. The molecule has 3 rings (SSSR count). The summed E-state index contributed by atoms with van der Waals surface area (Å²) in [5, 5.41) is 4.62. The second-order valence-electron chi connectivity index (χ2n) is 5.48. The molecule has 0 atom stereocenters. The maximum Gasteiger partial charge on any atom is 0.263 e. The number of aryl methyl sites for hydroxylation is 1. The van der Waals surface area contributed by atoms with Crippen molar-refractivity contribution >= 4 is 40.4 Å². The molecule has 0 aliphatic carbocycles. The van der Waals surface area contributed by atoms with Crippen LogP contribution in [-0.4, -0.2) is 27.4 Å². The zero-order chi connectivity index (χ0) is 18.5. The number of thiazole rings is 1. The minimum Gasteiger partial charge on any atom is -0.351 e. The fourth-order valence-electron chi connectivity index (χ4n) is 2.37. The number of benzene rings is 1. The molecule has 0 aliphatic rings. The van der Waals surface area contributed by atoms with Gasteiger partial charge in [-0.25, -0.2) is 15.0 Å². The van der Waals surface area contributed by atoms with Crippen LogP contribution in [0.3, 0.4) is 0 Å². The first kappa shape index (κ1) is 18.8. The van der Waals surface area contributed by atoms with Crippen LogP contribution < -0.4 is 5.32 Å². The highest BCUT2D eigenvalue weighted by Crippen LogP contribution is 2.26. The van der Waals surface area contributed by atoms with Gasteiger partial charge in [0.05, 0.1) is 15.7 Å². The van der Waals surface area contributed by atoms with E-state index in [0.29, 0.717) is 45.1 Å². The third kappa shape index (κ3) is 4.38. The zero-order valence-corrected chi connectivity index (χ0v) is 16.3. The number of nitrogens with one attached hydrogen (secondary N) is 1. The molecule has 8 heteroatoms. The maximum absolute atomic E-state index is 12.6. The van der Waals surface area contributed by atoms with Crippen molar-refractivity contribution < 1.29 is 4.79 Å². The topological polar surface area (TPSA) is 67.8 Å². The Morgan fingerprint density at radius 2 is 1.96 bits per heavy atom. The Morgan fingerprint density at radius 1 is 1.19 bits per heavy atom. The van der Waals surface area contributed by atoms with Crippen LogP contribution in [0.2, 0.25) is 10.0 Å². The lowest BCUT2D eigenvalue weighted by Gasteiger charge is -2.06. The van der Waals surface area contributed by atoms with Crippen LogP contribution in [0.25, 0.3) is 10.8 Å². The number of amides is 1. The molecule has 0 bridgehead atoms. The number of aromatic nitrogens is 3. The predicted molar refractivity (Wildman–Crippen MR) is 105 cm³/mol. The molecule has 3 aromatic rings. The summed E-state index contributed by atoms with van der Waals surface area (Å²) >= 11 is 13.2. The van der Waals surface area contributed by atoms with Crippen LogP contribution in [0.5, 0.6) is 0 Å². The van der Waals surface area contributed by atoms with Gasteiger partial charge in [0.1, 0.15) is 4.88 Å². The fraction of sp³-hybridized carbons (Fsp3) is 0.222. The number of hydrogen-bond donors (Lipinski definition) is 1. The van der Waals surface area contributed by atoms with E-state index in [1.807, 2.05) is 19.1 Å². The third-order valence-electron chi connectivity index (χ3n) is 3.68. The van der Waals surface area contributed by atoms with Crippen molar-refractivity contribution in [1.82, 2.24) is 20.3 Å². The second-order valence-corrected chi connectivity index (χ2v) is 7.29. The molecule has 134 valence electrons. The Bertz CT molecular complexity index is 915. The molecule has 0 spiro atoms. The summed E-state index contributed by atoms with van der Waals surface area (Å²) in [5.41, 5.74) is 1.77. The lowest BCUT2D eigenvalue weighted by atomic mass is 10.1. The summed E-state index contributed by atoms with van der Waals surface area (Å²) in [7, 11) is 0. The van der Waals surface area contributed by atoms with Crippen LogP contribution >= 0.6 is 34.5 Å². The molecule has 26 heavy (non-hydrogen) atoms. The first-order chi connectivity index (χ1) is 12.6. The molecule has 0 aliphatic heterocycles. The molecule has 0 unspecified atom stereocenters. The summed E-state index contributed by atoms with van der Waals surface area (Å²) in [4.78, 5) is 26.1. The molecule has 2 aromatic heterocycles. The van der Waals surface area contributed by atoms with Crippen molar-refractivity contribution in [2.24, 2.45) is 0 Å². The summed E-state index contributed by atoms with van der Waals surface area (Å²) in [6.45, 7) is 2.46. The largest absolute Gasteiger partial charge is 0.351 e. The number of nitrogens with zero attached hydrogens (tertiary/aromatic N) is 3. The minimum absolute atomic E-state index is 0.137. The van der Waals surface area contributed by atoms with E-state index in [-0.39, 0.29) is 5.91 Å². The molecule has 2 heterocycles. The molecule has 5 nitrogen and oxygen atoms in total. The van der Waals surface area contributed by atoms with Crippen LogP contribution in [0.1, 0.15) is 27.9 Å². The molecule has 1 N–H and O–H groups in total. The number of carbonyl (C=O) groups excluding carboxylic acids is 1. The molecule has 1 aromatic carbocycles. The Balaban J connectivity index is 1.67. The van der Waals surface area contributed by atoms with Crippen LogP contribution in [0.4, 0.5) is 0 Å². The molecular formula is C18H16Cl2N4OS. The third-order valence-corrected chi connectivity index (χ3v) is 5.51. The van der Waals surface area contributed by atoms with E-state index in [0.717, 1.165) is 11.3 Å². The number of halogens is 2. The first-order valence-corrected chi connectivity index (χ1v) is 9.65. The van der Waals surface area contributed by atoms with Gasteiger partial charge < -0.3 is 5.32 Å². The van der Waals surface area contributed by atoms with Gasteiger partial charge >= 0.3 is 0 Å². The summed E-state index contributed by atoms with van der Waals surface area (Å²) < 4.78 is 0. The molecular weight excluding hydrogens is 391 g/mol. The molecule has 0 saturated heterocycles. The van der Waals surface area contributed by atoms with E-state index in [1.165, 1.54) is 11.3 Å². The monoisotopic (exact) mass is 406 g/mol. The van der Waals surface area contributed by atoms with Crippen molar-refractivity contribution in [3.05, 3.63) is 62.8 Å². The van der Waals surface area contributed by atoms with Crippen LogP contribution in [0.15, 0.2) is 36.7 Å². The Hall–Kier alpha value is -2.02. The number of hydrogen-bond acceptors (Lipinski definition) is 5. The van der Waals surface area contributed by atoms with Gasteiger partial charge in [-0.15, -0.1) is 11.3 Å². The van der Waals surface area contributed by atoms with Crippen molar-refractivity contribution in [3.8, 4) is 10.8 Å². The SMILES string of the molecule is CCc1nc(-c2ncccn2)sc1C(=O)NCCc1ccc(Cl)c(Cl)c1. The quantitative estimate of drug-likeness (QED) is 0.656. The zero-order valence-electron chi connectivity index (χ0n) is 14.0. The van der Waals surface area contributed by atoms with Crippen molar-refractivity contribution in [2.75, 3.05) is 6.54 Å². The van der Waals surface area contributed by atoms with E-state index in [9.17, 15) is 4.79 Å². The lowest BCUT2D eigenvalue weighted by molar-refractivity contribution is 0.0957. The number of carbonyl (C=O) groups is 1. The van der Waals surface area contributed by atoms with Crippen LogP contribution in [0, 0.1) is 0 Å². The van der Waals surface area contributed by atoms with E-state index >= 15 is 0 Å². The predicted octanol–water partition coefficient (Wildman–Crippen LogP) is 4.44. The Kier molecular flexibility index (Phi) is 6.19. The van der Waals surface area contributed by atoms with Gasteiger partial charge in [0.2, 0.25) is 0 Å². The summed E-state index contributed by atoms with van der Waals surface area (Å²) in [6.07, 6.45) is 4.65. The average molecular weight is 407 g/mol. The molecule has 0 radical (unpaired) electrons. The Labute approximate surface area is 165 Å². The van der Waals surface area contributed by atoms with Crippen LogP contribution in [-0.2, 0) is 12.8 Å². The van der Waals surface area contributed by atoms with Gasteiger partial charge in [-0.2, -0.15) is 0 Å². The van der Waals surface area contributed by atoms with Crippen molar-refractivity contribution in [1.29, 1.82) is 0 Å².